The molecule has 19 heavy (non-hydrogen) atoms. The zero-order valence-electron chi connectivity index (χ0n) is 11.4. The molecule has 1 N–H and O–H groups in total. The number of piperidine rings is 3. The maximum atomic E-state index is 4.53. The minimum atomic E-state index is 0.600. The number of aromatic nitrogens is 2. The lowest BCUT2D eigenvalue weighted by atomic mass is 9.84. The van der Waals surface area contributed by atoms with E-state index in [1.54, 1.807) is 6.33 Å². The second-order valence-electron chi connectivity index (χ2n) is 6.24. The summed E-state index contributed by atoms with van der Waals surface area (Å²) < 4.78 is 0. The fraction of sp³-hybridized carbons (Fsp3) is 0.733. The lowest BCUT2D eigenvalue weighted by Gasteiger charge is -2.45. The zero-order chi connectivity index (χ0) is 12.7. The van der Waals surface area contributed by atoms with E-state index in [0.717, 1.165) is 24.6 Å². The van der Waals surface area contributed by atoms with Gasteiger partial charge in [-0.3, -0.25) is 0 Å². The Balaban J connectivity index is 1.57. The Morgan fingerprint density at radius 3 is 2.74 bits per heavy atom. The molecule has 102 valence electrons. The highest BCUT2D eigenvalue weighted by Crippen LogP contribution is 2.31. The van der Waals surface area contributed by atoms with Crippen molar-refractivity contribution < 1.29 is 0 Å². The number of aryl methyl sites for hydroxylation is 1. The SMILES string of the molecule is c1nc2c(c(NC3CN4CCC3CC4)n1)CCCC2. The third-order valence-electron chi connectivity index (χ3n) is 5.10. The van der Waals surface area contributed by atoms with Crippen LogP contribution in [0.4, 0.5) is 5.82 Å². The molecule has 4 aliphatic rings. The Hall–Kier alpha value is -1.16. The molecule has 0 aromatic carbocycles. The lowest BCUT2D eigenvalue weighted by molar-refractivity contribution is 0.0973. The number of anilines is 1. The van der Waals surface area contributed by atoms with Crippen LogP contribution in [0.25, 0.3) is 0 Å². The third kappa shape index (κ3) is 2.12. The normalized spacial score (nSPS) is 32.9. The van der Waals surface area contributed by atoms with Gasteiger partial charge < -0.3 is 10.2 Å². The van der Waals surface area contributed by atoms with Gasteiger partial charge in [-0.2, -0.15) is 0 Å². The minimum Gasteiger partial charge on any atom is -0.365 e. The largest absolute Gasteiger partial charge is 0.365 e. The van der Waals surface area contributed by atoms with Gasteiger partial charge in [0, 0.05) is 23.8 Å². The van der Waals surface area contributed by atoms with E-state index in [1.807, 2.05) is 0 Å². The molecular weight excluding hydrogens is 236 g/mol. The highest BCUT2D eigenvalue weighted by Gasteiger charge is 2.34. The first-order chi connectivity index (χ1) is 9.40. The summed E-state index contributed by atoms with van der Waals surface area (Å²) in [6.45, 7) is 3.79. The highest BCUT2D eigenvalue weighted by molar-refractivity contribution is 5.48. The predicted octanol–water partition coefficient (Wildman–Crippen LogP) is 1.86. The molecule has 3 aliphatic heterocycles. The van der Waals surface area contributed by atoms with Crippen molar-refractivity contribution in [1.29, 1.82) is 0 Å². The van der Waals surface area contributed by atoms with Gasteiger partial charge in [-0.15, -0.1) is 0 Å². The maximum absolute atomic E-state index is 4.53. The fourth-order valence-corrected chi connectivity index (χ4v) is 3.95. The predicted molar refractivity (Wildman–Crippen MR) is 75.2 cm³/mol. The third-order valence-corrected chi connectivity index (χ3v) is 5.10. The van der Waals surface area contributed by atoms with Crippen LogP contribution in [0.3, 0.4) is 0 Å². The van der Waals surface area contributed by atoms with Crippen LogP contribution in [0.1, 0.15) is 36.9 Å². The first-order valence-corrected chi connectivity index (χ1v) is 7.72. The van der Waals surface area contributed by atoms with Crippen LogP contribution >= 0.6 is 0 Å². The summed E-state index contributed by atoms with van der Waals surface area (Å²) in [4.78, 5) is 11.6. The van der Waals surface area contributed by atoms with Gasteiger partial charge in [-0.05, 0) is 57.5 Å². The molecule has 0 radical (unpaired) electrons. The Kier molecular flexibility index (Phi) is 2.91. The quantitative estimate of drug-likeness (QED) is 0.879. The van der Waals surface area contributed by atoms with Crippen molar-refractivity contribution in [3.05, 3.63) is 17.6 Å². The van der Waals surface area contributed by atoms with Gasteiger partial charge in [0.2, 0.25) is 0 Å². The van der Waals surface area contributed by atoms with Crippen molar-refractivity contribution in [2.45, 2.75) is 44.6 Å². The Morgan fingerprint density at radius 2 is 1.95 bits per heavy atom. The molecular formula is C15H22N4. The standard InChI is InChI=1S/C15H22N4/c1-2-4-13-12(3-1)15(17-10-16-13)18-14-9-19-7-5-11(14)6-8-19/h10-11,14H,1-9H2,(H,16,17,18). The number of nitrogens with zero attached hydrogens (tertiary/aromatic N) is 3. The molecule has 5 rings (SSSR count). The molecule has 3 fully saturated rings. The second-order valence-corrected chi connectivity index (χ2v) is 6.24. The van der Waals surface area contributed by atoms with E-state index in [2.05, 4.69) is 20.2 Å². The van der Waals surface area contributed by atoms with Crippen LogP contribution < -0.4 is 5.32 Å². The van der Waals surface area contributed by atoms with Gasteiger partial charge in [0.05, 0.1) is 0 Å². The fourth-order valence-electron chi connectivity index (χ4n) is 3.95. The molecule has 1 atom stereocenters. The smallest absolute Gasteiger partial charge is 0.133 e. The summed E-state index contributed by atoms with van der Waals surface area (Å²) in [5.41, 5.74) is 2.68. The van der Waals surface area contributed by atoms with Crippen LogP contribution in [0.2, 0.25) is 0 Å². The molecule has 4 heteroatoms. The van der Waals surface area contributed by atoms with Crippen LogP contribution in [-0.4, -0.2) is 40.5 Å². The summed E-state index contributed by atoms with van der Waals surface area (Å²) in [6, 6.07) is 0.600. The van der Waals surface area contributed by atoms with E-state index in [4.69, 9.17) is 0 Å². The van der Waals surface area contributed by atoms with Crippen molar-refractivity contribution in [3.8, 4) is 0 Å². The summed E-state index contributed by atoms with van der Waals surface area (Å²) in [6.07, 6.45) is 9.30. The maximum Gasteiger partial charge on any atom is 0.133 e. The molecule has 0 spiro atoms. The van der Waals surface area contributed by atoms with Gasteiger partial charge in [0.25, 0.3) is 0 Å². The average molecular weight is 258 g/mol. The molecule has 3 saturated heterocycles. The molecule has 1 aromatic heterocycles. The Labute approximate surface area is 114 Å². The Morgan fingerprint density at radius 1 is 1.11 bits per heavy atom. The van der Waals surface area contributed by atoms with Gasteiger partial charge in [-0.25, -0.2) is 9.97 Å². The van der Waals surface area contributed by atoms with E-state index < -0.39 is 0 Å². The summed E-state index contributed by atoms with van der Waals surface area (Å²) in [5, 5.41) is 3.75. The minimum absolute atomic E-state index is 0.600. The van der Waals surface area contributed by atoms with Crippen molar-refractivity contribution in [3.63, 3.8) is 0 Å². The van der Waals surface area contributed by atoms with Crippen molar-refractivity contribution in [2.75, 3.05) is 25.0 Å². The number of hydrogen-bond acceptors (Lipinski definition) is 4. The topological polar surface area (TPSA) is 41.1 Å². The first-order valence-electron chi connectivity index (χ1n) is 7.72. The van der Waals surface area contributed by atoms with Gasteiger partial charge in [-0.1, -0.05) is 0 Å². The molecule has 1 unspecified atom stereocenters. The van der Waals surface area contributed by atoms with Gasteiger partial charge >= 0.3 is 0 Å². The van der Waals surface area contributed by atoms with Crippen molar-refractivity contribution in [1.82, 2.24) is 14.9 Å². The molecule has 4 heterocycles. The van der Waals surface area contributed by atoms with E-state index >= 15 is 0 Å². The summed E-state index contributed by atoms with van der Waals surface area (Å²) >= 11 is 0. The van der Waals surface area contributed by atoms with E-state index in [0.29, 0.717) is 6.04 Å². The van der Waals surface area contributed by atoms with Crippen molar-refractivity contribution in [2.24, 2.45) is 5.92 Å². The van der Waals surface area contributed by atoms with Gasteiger partial charge in [0.15, 0.2) is 0 Å². The monoisotopic (exact) mass is 258 g/mol. The molecule has 2 bridgehead atoms. The molecule has 1 aromatic rings. The molecule has 0 amide bonds. The average Bonchev–Trinajstić information content (AvgIpc) is 2.49. The molecule has 0 saturated carbocycles. The number of nitrogens with one attached hydrogen (secondary N) is 1. The van der Waals surface area contributed by atoms with E-state index in [9.17, 15) is 0 Å². The summed E-state index contributed by atoms with van der Waals surface area (Å²) in [7, 11) is 0. The number of rotatable bonds is 2. The van der Waals surface area contributed by atoms with Crippen molar-refractivity contribution >= 4 is 5.82 Å². The first kappa shape index (κ1) is 11.6. The van der Waals surface area contributed by atoms with Gasteiger partial charge in [0.1, 0.15) is 12.1 Å². The number of fused-ring (bicyclic) bond motifs is 4. The van der Waals surface area contributed by atoms with Crippen LogP contribution in [0, 0.1) is 5.92 Å². The molecule has 1 aliphatic carbocycles. The lowest BCUT2D eigenvalue weighted by Crippen LogP contribution is -2.53. The second kappa shape index (κ2) is 4.75. The van der Waals surface area contributed by atoms with Crippen LogP contribution in [0.15, 0.2) is 6.33 Å². The summed E-state index contributed by atoms with van der Waals surface area (Å²) in [5.74, 6) is 1.97. The van der Waals surface area contributed by atoms with E-state index in [1.165, 1.54) is 56.6 Å². The molecule has 4 nitrogen and oxygen atoms in total. The zero-order valence-corrected chi connectivity index (χ0v) is 11.4. The van der Waals surface area contributed by atoms with E-state index in [-0.39, 0.29) is 0 Å². The highest BCUT2D eigenvalue weighted by atomic mass is 15.2. The van der Waals surface area contributed by atoms with Crippen LogP contribution in [-0.2, 0) is 12.8 Å². The number of hydrogen-bond donors (Lipinski definition) is 1. The Bertz CT molecular complexity index is 465. The van der Waals surface area contributed by atoms with Crippen LogP contribution in [0.5, 0.6) is 0 Å².